The van der Waals surface area contributed by atoms with Crippen molar-refractivity contribution in [1.29, 1.82) is 5.26 Å². The molecule has 29 heavy (non-hydrogen) atoms. The van der Waals surface area contributed by atoms with E-state index in [0.29, 0.717) is 23.6 Å². The molecule has 0 radical (unpaired) electrons. The van der Waals surface area contributed by atoms with Gasteiger partial charge in [-0.2, -0.15) is 5.26 Å². The molecule has 3 aromatic rings. The standard InChI is InChI=1S/C24H23N3O2/c1-2-3-4-5-6-23(28)29-22-13-11-19(12-14-22)21-16-26-24(27-17-21)20-9-7-18(15-25)8-10-20/h7-14,16-17H,2-6H2,1H3. The van der Waals surface area contributed by atoms with Gasteiger partial charge in [-0.15, -0.1) is 0 Å². The predicted octanol–water partition coefficient (Wildman–Crippen LogP) is 5.56. The van der Waals surface area contributed by atoms with Crippen LogP contribution in [0.1, 0.15) is 44.6 Å². The van der Waals surface area contributed by atoms with E-state index < -0.39 is 0 Å². The van der Waals surface area contributed by atoms with Crippen molar-refractivity contribution in [1.82, 2.24) is 9.97 Å². The van der Waals surface area contributed by atoms with Crippen LogP contribution in [-0.4, -0.2) is 15.9 Å². The quantitative estimate of drug-likeness (QED) is 0.288. The molecule has 2 aromatic carbocycles. The van der Waals surface area contributed by atoms with Gasteiger partial charge in [-0.3, -0.25) is 4.79 Å². The first-order valence-electron chi connectivity index (χ1n) is 9.83. The number of benzene rings is 2. The molecule has 0 unspecified atom stereocenters. The van der Waals surface area contributed by atoms with Crippen molar-refractivity contribution in [2.45, 2.75) is 39.0 Å². The number of carbonyl (C=O) groups is 1. The summed E-state index contributed by atoms with van der Waals surface area (Å²) in [5.74, 6) is 0.959. The number of nitriles is 1. The Balaban J connectivity index is 1.61. The minimum absolute atomic E-state index is 0.191. The Bertz CT molecular complexity index is 973. The third-order valence-corrected chi connectivity index (χ3v) is 4.58. The number of esters is 1. The Morgan fingerprint density at radius 1 is 0.897 bits per heavy atom. The van der Waals surface area contributed by atoms with Crippen molar-refractivity contribution in [2.75, 3.05) is 0 Å². The summed E-state index contributed by atoms with van der Waals surface area (Å²) in [6, 6.07) is 16.6. The Kier molecular flexibility index (Phi) is 7.07. The average Bonchev–Trinajstić information content (AvgIpc) is 2.77. The number of rotatable bonds is 8. The molecule has 0 saturated carbocycles. The molecule has 0 N–H and O–H groups in total. The number of hydrogen-bond acceptors (Lipinski definition) is 5. The van der Waals surface area contributed by atoms with Crippen LogP contribution in [-0.2, 0) is 4.79 Å². The van der Waals surface area contributed by atoms with Gasteiger partial charge in [0.25, 0.3) is 0 Å². The van der Waals surface area contributed by atoms with E-state index in [4.69, 9.17) is 10.00 Å². The van der Waals surface area contributed by atoms with Crippen LogP contribution in [0.2, 0.25) is 0 Å². The summed E-state index contributed by atoms with van der Waals surface area (Å²) in [5, 5.41) is 8.88. The third-order valence-electron chi connectivity index (χ3n) is 4.58. The molecule has 0 aliphatic heterocycles. The minimum atomic E-state index is -0.191. The molecule has 0 atom stereocenters. The van der Waals surface area contributed by atoms with Gasteiger partial charge in [0.05, 0.1) is 11.6 Å². The number of carbonyl (C=O) groups excluding carboxylic acids is 1. The Labute approximate surface area is 171 Å². The molecular formula is C24H23N3O2. The fourth-order valence-corrected chi connectivity index (χ4v) is 2.91. The SMILES string of the molecule is CCCCCCC(=O)Oc1ccc(-c2cnc(-c3ccc(C#N)cc3)nc2)cc1. The lowest BCUT2D eigenvalue weighted by Crippen LogP contribution is -2.07. The van der Waals surface area contributed by atoms with Crippen molar-refractivity contribution in [2.24, 2.45) is 0 Å². The van der Waals surface area contributed by atoms with Gasteiger partial charge in [0, 0.05) is 29.9 Å². The van der Waals surface area contributed by atoms with Crippen LogP contribution in [0.4, 0.5) is 0 Å². The van der Waals surface area contributed by atoms with Crippen LogP contribution in [0.15, 0.2) is 60.9 Å². The summed E-state index contributed by atoms with van der Waals surface area (Å²) in [6.45, 7) is 2.14. The van der Waals surface area contributed by atoms with E-state index in [1.54, 1.807) is 36.7 Å². The zero-order valence-corrected chi connectivity index (χ0v) is 16.5. The molecule has 0 amide bonds. The maximum atomic E-state index is 11.9. The highest BCUT2D eigenvalue weighted by molar-refractivity contribution is 5.73. The molecule has 0 spiro atoms. The third kappa shape index (κ3) is 5.73. The van der Waals surface area contributed by atoms with E-state index >= 15 is 0 Å². The number of aromatic nitrogens is 2. The highest BCUT2D eigenvalue weighted by Gasteiger charge is 2.07. The molecule has 0 aliphatic carbocycles. The van der Waals surface area contributed by atoms with Crippen molar-refractivity contribution in [3.05, 3.63) is 66.5 Å². The first kappa shape index (κ1) is 20.2. The topological polar surface area (TPSA) is 75.9 Å². The van der Waals surface area contributed by atoms with Gasteiger partial charge in [0.2, 0.25) is 0 Å². The van der Waals surface area contributed by atoms with Gasteiger partial charge < -0.3 is 4.74 Å². The fraction of sp³-hybridized carbons (Fsp3) is 0.250. The molecule has 146 valence electrons. The Morgan fingerprint density at radius 3 is 2.17 bits per heavy atom. The van der Waals surface area contributed by atoms with Gasteiger partial charge >= 0.3 is 5.97 Å². The highest BCUT2D eigenvalue weighted by atomic mass is 16.5. The highest BCUT2D eigenvalue weighted by Crippen LogP contribution is 2.23. The second-order valence-corrected chi connectivity index (χ2v) is 6.79. The zero-order valence-electron chi connectivity index (χ0n) is 16.5. The number of hydrogen-bond donors (Lipinski definition) is 0. The van der Waals surface area contributed by atoms with Gasteiger partial charge in [-0.05, 0) is 48.4 Å². The van der Waals surface area contributed by atoms with Crippen molar-refractivity contribution >= 4 is 5.97 Å². The van der Waals surface area contributed by atoms with Crippen LogP contribution < -0.4 is 4.74 Å². The fourth-order valence-electron chi connectivity index (χ4n) is 2.91. The largest absolute Gasteiger partial charge is 0.427 e. The molecule has 0 aliphatic rings. The summed E-state index contributed by atoms with van der Waals surface area (Å²) in [4.78, 5) is 20.7. The first-order valence-corrected chi connectivity index (χ1v) is 9.83. The van der Waals surface area contributed by atoms with Crippen LogP contribution in [0.25, 0.3) is 22.5 Å². The van der Waals surface area contributed by atoms with E-state index in [0.717, 1.165) is 42.4 Å². The van der Waals surface area contributed by atoms with Crippen LogP contribution in [0.3, 0.4) is 0 Å². The number of nitrogens with zero attached hydrogens (tertiary/aromatic N) is 3. The van der Waals surface area contributed by atoms with Crippen molar-refractivity contribution in [3.63, 3.8) is 0 Å². The Hall–Kier alpha value is -3.52. The second kappa shape index (κ2) is 10.1. The predicted molar refractivity (Wildman–Crippen MR) is 112 cm³/mol. The van der Waals surface area contributed by atoms with E-state index in [2.05, 4.69) is 23.0 Å². The smallest absolute Gasteiger partial charge is 0.311 e. The number of unbranched alkanes of at least 4 members (excludes halogenated alkanes) is 3. The molecule has 0 fully saturated rings. The van der Waals surface area contributed by atoms with Gasteiger partial charge in [0.15, 0.2) is 5.82 Å². The summed E-state index contributed by atoms with van der Waals surface area (Å²) >= 11 is 0. The summed E-state index contributed by atoms with van der Waals surface area (Å²) in [6.07, 6.45) is 8.19. The summed E-state index contributed by atoms with van der Waals surface area (Å²) < 4.78 is 5.39. The van der Waals surface area contributed by atoms with Crippen molar-refractivity contribution < 1.29 is 9.53 Å². The summed E-state index contributed by atoms with van der Waals surface area (Å²) in [5.41, 5.74) is 3.28. The molecule has 1 aromatic heterocycles. The van der Waals surface area contributed by atoms with Gasteiger partial charge in [-0.25, -0.2) is 9.97 Å². The number of ether oxygens (including phenoxy) is 1. The molecule has 0 bridgehead atoms. The Morgan fingerprint density at radius 2 is 1.55 bits per heavy atom. The lowest BCUT2D eigenvalue weighted by Gasteiger charge is -2.06. The van der Waals surface area contributed by atoms with Crippen LogP contribution >= 0.6 is 0 Å². The lowest BCUT2D eigenvalue weighted by atomic mass is 10.1. The zero-order chi connectivity index (χ0) is 20.5. The molecule has 5 nitrogen and oxygen atoms in total. The van der Waals surface area contributed by atoms with Crippen LogP contribution in [0.5, 0.6) is 5.75 Å². The molecule has 1 heterocycles. The van der Waals surface area contributed by atoms with Gasteiger partial charge in [0.1, 0.15) is 5.75 Å². The maximum absolute atomic E-state index is 11.9. The normalized spacial score (nSPS) is 10.3. The molecular weight excluding hydrogens is 362 g/mol. The van der Waals surface area contributed by atoms with E-state index in [1.807, 2.05) is 24.3 Å². The van der Waals surface area contributed by atoms with Gasteiger partial charge in [-0.1, -0.05) is 38.3 Å². The minimum Gasteiger partial charge on any atom is -0.427 e. The van der Waals surface area contributed by atoms with E-state index in [1.165, 1.54) is 0 Å². The maximum Gasteiger partial charge on any atom is 0.311 e. The monoisotopic (exact) mass is 385 g/mol. The lowest BCUT2D eigenvalue weighted by molar-refractivity contribution is -0.134. The molecule has 0 saturated heterocycles. The van der Waals surface area contributed by atoms with Crippen LogP contribution in [0, 0.1) is 11.3 Å². The van der Waals surface area contributed by atoms with Crippen molar-refractivity contribution in [3.8, 4) is 34.3 Å². The average molecular weight is 385 g/mol. The first-order chi connectivity index (χ1) is 14.2. The van der Waals surface area contributed by atoms with E-state index in [-0.39, 0.29) is 5.97 Å². The van der Waals surface area contributed by atoms with E-state index in [9.17, 15) is 4.79 Å². The molecule has 5 heteroatoms. The summed E-state index contributed by atoms with van der Waals surface area (Å²) in [7, 11) is 0. The molecule has 3 rings (SSSR count). The second-order valence-electron chi connectivity index (χ2n) is 6.79.